The Kier molecular flexibility index (Phi) is 6.40. The summed E-state index contributed by atoms with van der Waals surface area (Å²) in [5.74, 6) is 0.467. The highest BCUT2D eigenvalue weighted by atomic mass is 35.5. The minimum atomic E-state index is -0.229. The topological polar surface area (TPSA) is 68.2 Å². The number of nitrogens with zero attached hydrogens (tertiary/aromatic N) is 1. The lowest BCUT2D eigenvalue weighted by Gasteiger charge is -2.46. The van der Waals surface area contributed by atoms with E-state index in [9.17, 15) is 4.79 Å². The molecule has 1 amide bonds. The molecule has 2 heterocycles. The van der Waals surface area contributed by atoms with Gasteiger partial charge in [0.2, 0.25) is 0 Å². The van der Waals surface area contributed by atoms with E-state index in [2.05, 4.69) is 0 Å². The summed E-state index contributed by atoms with van der Waals surface area (Å²) >= 11 is 6.05. The first-order valence-electron chi connectivity index (χ1n) is 9.06. The van der Waals surface area contributed by atoms with E-state index in [-0.39, 0.29) is 24.2 Å². The number of halogens is 1. The van der Waals surface area contributed by atoms with Crippen LogP contribution < -0.4 is 4.74 Å². The Hall–Kier alpha value is -1.34. The van der Waals surface area contributed by atoms with Crippen LogP contribution >= 0.6 is 11.6 Å². The van der Waals surface area contributed by atoms with Crippen LogP contribution in [0.15, 0.2) is 18.2 Å². The molecule has 0 saturated carbocycles. The summed E-state index contributed by atoms with van der Waals surface area (Å²) in [6.45, 7) is 2.31. The molecule has 2 saturated heterocycles. The predicted molar refractivity (Wildman–Crippen MR) is 97.9 cm³/mol. The van der Waals surface area contributed by atoms with Crippen molar-refractivity contribution in [2.24, 2.45) is 0 Å². The van der Waals surface area contributed by atoms with E-state index in [1.165, 1.54) is 0 Å². The Balaban J connectivity index is 1.63. The van der Waals surface area contributed by atoms with Crippen molar-refractivity contribution < 1.29 is 24.1 Å². The molecule has 6 nitrogen and oxygen atoms in total. The molecule has 0 aromatic heterocycles. The van der Waals surface area contributed by atoms with Crippen LogP contribution in [0.2, 0.25) is 5.02 Å². The zero-order valence-electron chi connectivity index (χ0n) is 15.1. The van der Waals surface area contributed by atoms with E-state index in [0.717, 1.165) is 25.7 Å². The molecular weight excluding hydrogens is 358 g/mol. The van der Waals surface area contributed by atoms with E-state index < -0.39 is 0 Å². The zero-order valence-corrected chi connectivity index (χ0v) is 15.8. The van der Waals surface area contributed by atoms with Crippen LogP contribution in [0.4, 0.5) is 0 Å². The van der Waals surface area contributed by atoms with Crippen LogP contribution in [-0.2, 0) is 9.47 Å². The number of hydrogen-bond donors (Lipinski definition) is 1. The smallest absolute Gasteiger partial charge is 0.257 e. The molecule has 144 valence electrons. The first-order chi connectivity index (χ1) is 12.6. The average Bonchev–Trinajstić information content (AvgIpc) is 2.66. The fraction of sp³-hybridized carbons (Fsp3) is 0.632. The van der Waals surface area contributed by atoms with Gasteiger partial charge in [-0.15, -0.1) is 0 Å². The van der Waals surface area contributed by atoms with Gasteiger partial charge in [0.25, 0.3) is 5.91 Å². The van der Waals surface area contributed by atoms with Crippen molar-refractivity contribution in [2.45, 2.75) is 37.4 Å². The normalized spacial score (nSPS) is 22.4. The Labute approximate surface area is 159 Å². The molecule has 0 bridgehead atoms. The summed E-state index contributed by atoms with van der Waals surface area (Å²) in [5, 5.41) is 9.46. The Morgan fingerprint density at radius 2 is 2.19 bits per heavy atom. The SMILES string of the molecule is COc1ccc(Cl)cc1C(=O)N1CCC2(CC1)CC(OCCO)CCO2. The Bertz CT molecular complexity index is 630. The summed E-state index contributed by atoms with van der Waals surface area (Å²) < 4.78 is 17.1. The highest BCUT2D eigenvalue weighted by Crippen LogP contribution is 2.37. The van der Waals surface area contributed by atoms with Crippen molar-refractivity contribution in [2.75, 3.05) is 40.0 Å². The number of benzene rings is 1. The van der Waals surface area contributed by atoms with E-state index in [4.69, 9.17) is 30.9 Å². The van der Waals surface area contributed by atoms with Crippen molar-refractivity contribution in [3.63, 3.8) is 0 Å². The standard InChI is InChI=1S/C19H26ClNO5/c1-24-17-3-2-14(20)12-16(17)18(23)21-7-5-19(6-8-21)13-15(4-10-26-19)25-11-9-22/h2-3,12,15,22H,4-11,13H2,1H3. The van der Waals surface area contributed by atoms with Crippen molar-refractivity contribution in [3.8, 4) is 5.75 Å². The number of carbonyl (C=O) groups excluding carboxylic acids is 1. The van der Waals surface area contributed by atoms with Crippen LogP contribution in [0.25, 0.3) is 0 Å². The minimum Gasteiger partial charge on any atom is -0.496 e. The van der Waals surface area contributed by atoms with Crippen molar-refractivity contribution in [1.82, 2.24) is 4.90 Å². The van der Waals surface area contributed by atoms with Crippen LogP contribution in [0.5, 0.6) is 5.75 Å². The Morgan fingerprint density at radius 1 is 1.42 bits per heavy atom. The summed E-state index contributed by atoms with van der Waals surface area (Å²) in [7, 11) is 1.55. The van der Waals surface area contributed by atoms with Gasteiger partial charge >= 0.3 is 0 Å². The summed E-state index contributed by atoms with van der Waals surface area (Å²) in [4.78, 5) is 14.7. The van der Waals surface area contributed by atoms with Crippen molar-refractivity contribution in [1.29, 1.82) is 0 Å². The number of carbonyl (C=O) groups is 1. The molecule has 3 rings (SSSR count). The quantitative estimate of drug-likeness (QED) is 0.846. The number of aliphatic hydroxyl groups is 1. The summed E-state index contributed by atoms with van der Waals surface area (Å²) in [6.07, 6.45) is 3.34. The van der Waals surface area contributed by atoms with Gasteiger partial charge in [0.05, 0.1) is 37.6 Å². The molecule has 0 radical (unpaired) electrons. The molecule has 26 heavy (non-hydrogen) atoms. The molecule has 0 aliphatic carbocycles. The van der Waals surface area contributed by atoms with E-state index in [1.807, 2.05) is 4.90 Å². The predicted octanol–water partition coefficient (Wildman–Crippen LogP) is 2.51. The second-order valence-electron chi connectivity index (χ2n) is 6.88. The van der Waals surface area contributed by atoms with Crippen LogP contribution in [0, 0.1) is 0 Å². The lowest BCUT2D eigenvalue weighted by Crippen LogP contribution is -2.52. The van der Waals surface area contributed by atoms with Gasteiger partial charge in [-0.1, -0.05) is 11.6 Å². The number of piperidine rings is 1. The lowest BCUT2D eigenvalue weighted by atomic mass is 9.83. The van der Waals surface area contributed by atoms with Crippen LogP contribution in [0.3, 0.4) is 0 Å². The second kappa shape index (κ2) is 8.57. The molecule has 1 atom stereocenters. The molecule has 1 N–H and O–H groups in total. The number of methoxy groups -OCH3 is 1. The molecular formula is C19H26ClNO5. The number of rotatable bonds is 5. The van der Waals surface area contributed by atoms with Gasteiger partial charge in [0.15, 0.2) is 0 Å². The number of aliphatic hydroxyl groups excluding tert-OH is 1. The summed E-state index contributed by atoms with van der Waals surface area (Å²) in [6, 6.07) is 5.09. The van der Waals surface area contributed by atoms with E-state index in [0.29, 0.717) is 42.6 Å². The zero-order chi connectivity index (χ0) is 18.6. The molecule has 2 aliphatic heterocycles. The first kappa shape index (κ1) is 19.4. The summed E-state index contributed by atoms with van der Waals surface area (Å²) in [5.41, 5.74) is 0.262. The maximum absolute atomic E-state index is 12.9. The van der Waals surface area contributed by atoms with E-state index in [1.54, 1.807) is 25.3 Å². The van der Waals surface area contributed by atoms with Gasteiger partial charge in [-0.3, -0.25) is 4.79 Å². The van der Waals surface area contributed by atoms with Gasteiger partial charge in [0, 0.05) is 31.1 Å². The minimum absolute atomic E-state index is 0.0358. The van der Waals surface area contributed by atoms with Crippen molar-refractivity contribution >= 4 is 17.5 Å². The van der Waals surface area contributed by atoms with Gasteiger partial charge in [-0.05, 0) is 37.5 Å². The van der Waals surface area contributed by atoms with Gasteiger partial charge < -0.3 is 24.2 Å². The number of likely N-dealkylation sites (tertiary alicyclic amines) is 1. The maximum atomic E-state index is 12.9. The number of hydrogen-bond acceptors (Lipinski definition) is 5. The molecule has 2 aliphatic rings. The largest absolute Gasteiger partial charge is 0.496 e. The number of ether oxygens (including phenoxy) is 3. The highest BCUT2D eigenvalue weighted by Gasteiger charge is 2.41. The monoisotopic (exact) mass is 383 g/mol. The van der Waals surface area contributed by atoms with E-state index >= 15 is 0 Å². The fourth-order valence-corrected chi connectivity index (χ4v) is 4.00. The molecule has 7 heteroatoms. The van der Waals surface area contributed by atoms with Gasteiger partial charge in [-0.25, -0.2) is 0 Å². The van der Waals surface area contributed by atoms with Crippen LogP contribution in [0.1, 0.15) is 36.0 Å². The molecule has 1 spiro atoms. The molecule has 1 unspecified atom stereocenters. The van der Waals surface area contributed by atoms with Crippen molar-refractivity contribution in [3.05, 3.63) is 28.8 Å². The van der Waals surface area contributed by atoms with Crippen LogP contribution in [-0.4, -0.2) is 67.6 Å². The average molecular weight is 384 g/mol. The molecule has 1 aromatic rings. The highest BCUT2D eigenvalue weighted by molar-refractivity contribution is 6.31. The van der Waals surface area contributed by atoms with Gasteiger partial charge in [0.1, 0.15) is 5.75 Å². The van der Waals surface area contributed by atoms with Gasteiger partial charge in [-0.2, -0.15) is 0 Å². The fourth-order valence-electron chi connectivity index (χ4n) is 3.83. The number of amides is 1. The molecule has 2 fully saturated rings. The maximum Gasteiger partial charge on any atom is 0.257 e. The lowest BCUT2D eigenvalue weighted by molar-refractivity contribution is -0.154. The Morgan fingerprint density at radius 3 is 2.88 bits per heavy atom. The third kappa shape index (κ3) is 4.31. The second-order valence-corrected chi connectivity index (χ2v) is 7.31. The first-order valence-corrected chi connectivity index (χ1v) is 9.44. The molecule has 1 aromatic carbocycles. The third-order valence-electron chi connectivity index (χ3n) is 5.25. The third-order valence-corrected chi connectivity index (χ3v) is 5.48.